The largest absolute Gasteiger partial charge is 0.264 e. The van der Waals surface area contributed by atoms with E-state index in [1.807, 2.05) is 79.0 Å². The average molecular weight is 679 g/mol. The summed E-state index contributed by atoms with van der Waals surface area (Å²) >= 11 is 0. The summed E-state index contributed by atoms with van der Waals surface area (Å²) in [5.41, 5.74) is 12.1. The highest BCUT2D eigenvalue weighted by Crippen LogP contribution is 2.51. The Balaban J connectivity index is 1.23. The smallest absolute Gasteiger partial charge is 0.164 e. The molecule has 0 radical (unpaired) electrons. The van der Waals surface area contributed by atoms with Crippen molar-refractivity contribution in [2.75, 3.05) is 0 Å². The van der Waals surface area contributed by atoms with Gasteiger partial charge in [0.05, 0.1) is 23.3 Å². The van der Waals surface area contributed by atoms with Crippen LogP contribution in [0.15, 0.2) is 146 Å². The molecule has 248 valence electrons. The number of pyridine rings is 1. The van der Waals surface area contributed by atoms with Gasteiger partial charge in [0.1, 0.15) is 0 Å². The molecule has 0 aliphatic heterocycles. The highest BCUT2D eigenvalue weighted by Gasteiger charge is 2.36. The quantitative estimate of drug-likeness (QED) is 0.180. The summed E-state index contributed by atoms with van der Waals surface area (Å²) in [6.07, 6.45) is 3.66. The van der Waals surface area contributed by atoms with E-state index in [-0.39, 0.29) is 5.41 Å². The molecule has 0 atom stereocenters. The molecule has 0 fully saturated rings. The van der Waals surface area contributed by atoms with Gasteiger partial charge in [0.2, 0.25) is 0 Å². The summed E-state index contributed by atoms with van der Waals surface area (Å²) in [5.74, 6) is 1.79. The van der Waals surface area contributed by atoms with Crippen LogP contribution in [0.25, 0.3) is 78.3 Å². The van der Waals surface area contributed by atoms with Crippen LogP contribution in [0.5, 0.6) is 0 Å². The first kappa shape index (κ1) is 31.7. The number of hydrogen-bond donors (Lipinski definition) is 0. The van der Waals surface area contributed by atoms with Crippen molar-refractivity contribution in [3.63, 3.8) is 0 Å². The first-order valence-electron chi connectivity index (χ1n) is 17.4. The Morgan fingerprint density at radius 2 is 1.09 bits per heavy atom. The van der Waals surface area contributed by atoms with Crippen molar-refractivity contribution in [2.45, 2.75) is 19.3 Å². The Morgan fingerprint density at radius 1 is 0.491 bits per heavy atom. The number of aromatic nitrogens is 4. The van der Waals surface area contributed by atoms with Crippen molar-refractivity contribution in [3.8, 4) is 79.7 Å². The Hall–Kier alpha value is -7.28. The van der Waals surface area contributed by atoms with Crippen molar-refractivity contribution in [3.05, 3.63) is 168 Å². The van der Waals surface area contributed by atoms with Crippen LogP contribution in [0.3, 0.4) is 0 Å². The maximum atomic E-state index is 9.95. The van der Waals surface area contributed by atoms with Gasteiger partial charge < -0.3 is 0 Å². The SMILES string of the molecule is CC1(C)c2cc(-c3cc(-c4cccnc4)cc(-c4nc(-c5ccccc5)nc(-c5ccccc5)n4)c3)ccc2-c2cc3cc(C#N)cc(C#N)c3cc21. The zero-order valence-corrected chi connectivity index (χ0v) is 29.0. The summed E-state index contributed by atoms with van der Waals surface area (Å²) in [4.78, 5) is 19.4. The second-order valence-corrected chi connectivity index (χ2v) is 13.8. The van der Waals surface area contributed by atoms with E-state index in [1.165, 1.54) is 5.56 Å². The third-order valence-electron chi connectivity index (χ3n) is 10.2. The van der Waals surface area contributed by atoms with Crippen LogP contribution in [0.2, 0.25) is 0 Å². The molecule has 0 N–H and O–H groups in total. The van der Waals surface area contributed by atoms with Crippen LogP contribution in [-0.4, -0.2) is 19.9 Å². The fraction of sp³-hybridized carbons (Fsp3) is 0.0638. The van der Waals surface area contributed by atoms with E-state index in [1.54, 1.807) is 12.3 Å². The number of rotatable bonds is 5. The highest BCUT2D eigenvalue weighted by molar-refractivity contribution is 5.97. The van der Waals surface area contributed by atoms with Gasteiger partial charge in [-0.15, -0.1) is 0 Å². The Labute approximate surface area is 307 Å². The van der Waals surface area contributed by atoms with E-state index < -0.39 is 0 Å². The second kappa shape index (κ2) is 12.5. The first-order valence-corrected chi connectivity index (χ1v) is 17.4. The lowest BCUT2D eigenvalue weighted by Gasteiger charge is -2.22. The summed E-state index contributed by atoms with van der Waals surface area (Å²) in [5, 5.41) is 21.3. The Kier molecular flexibility index (Phi) is 7.47. The molecule has 6 nitrogen and oxygen atoms in total. The molecule has 1 aliphatic carbocycles. The molecule has 0 amide bonds. The van der Waals surface area contributed by atoms with Crippen LogP contribution < -0.4 is 0 Å². The van der Waals surface area contributed by atoms with Crippen molar-refractivity contribution < 1.29 is 0 Å². The van der Waals surface area contributed by atoms with Crippen molar-refractivity contribution in [2.24, 2.45) is 0 Å². The van der Waals surface area contributed by atoms with E-state index in [2.05, 4.69) is 85.6 Å². The first-order chi connectivity index (χ1) is 25.9. The van der Waals surface area contributed by atoms with Gasteiger partial charge in [-0.25, -0.2) is 15.0 Å². The average Bonchev–Trinajstić information content (AvgIpc) is 3.44. The summed E-state index contributed by atoms with van der Waals surface area (Å²) in [7, 11) is 0. The van der Waals surface area contributed by atoms with E-state index in [0.29, 0.717) is 28.6 Å². The number of nitriles is 2. The molecule has 6 heteroatoms. The molecule has 2 aromatic heterocycles. The molecule has 0 spiro atoms. The standard InChI is InChI=1S/C47H30N6/c1-47(2)42-24-32(15-16-39(42)41-23-36-18-29(26-48)19-38(27-49)40(36)25-43(41)47)34-20-35(33-14-9-17-50-28-33)22-37(21-34)46-52-44(30-10-5-3-6-11-30)51-45(53-46)31-12-7-4-8-13-31/h3-25,28H,1-2H3. The van der Waals surface area contributed by atoms with Crippen LogP contribution in [0.4, 0.5) is 0 Å². The lowest BCUT2D eigenvalue weighted by molar-refractivity contribution is 0.661. The molecular weight excluding hydrogens is 649 g/mol. The third-order valence-corrected chi connectivity index (χ3v) is 10.2. The van der Waals surface area contributed by atoms with Crippen LogP contribution in [-0.2, 0) is 5.41 Å². The number of hydrogen-bond acceptors (Lipinski definition) is 6. The summed E-state index contributed by atoms with van der Waals surface area (Å²) in [6, 6.07) is 49.5. The predicted molar refractivity (Wildman–Crippen MR) is 209 cm³/mol. The van der Waals surface area contributed by atoms with Gasteiger partial charge in [-0.2, -0.15) is 10.5 Å². The van der Waals surface area contributed by atoms with Gasteiger partial charge in [-0.3, -0.25) is 4.98 Å². The van der Waals surface area contributed by atoms with Gasteiger partial charge in [0, 0.05) is 40.1 Å². The fourth-order valence-electron chi connectivity index (χ4n) is 7.49. The molecule has 0 saturated carbocycles. The Bertz CT molecular complexity index is 2760. The zero-order valence-electron chi connectivity index (χ0n) is 29.0. The summed E-state index contributed by atoms with van der Waals surface area (Å²) in [6.45, 7) is 4.48. The molecule has 53 heavy (non-hydrogen) atoms. The van der Waals surface area contributed by atoms with Crippen molar-refractivity contribution >= 4 is 10.8 Å². The molecule has 6 aromatic carbocycles. The monoisotopic (exact) mass is 678 g/mol. The third kappa shape index (κ3) is 5.51. The predicted octanol–water partition coefficient (Wildman–Crippen LogP) is 10.8. The highest BCUT2D eigenvalue weighted by atomic mass is 15.0. The second-order valence-electron chi connectivity index (χ2n) is 13.8. The van der Waals surface area contributed by atoms with Crippen LogP contribution >= 0.6 is 0 Å². The molecule has 0 unspecified atom stereocenters. The molecule has 2 heterocycles. The summed E-state index contributed by atoms with van der Waals surface area (Å²) < 4.78 is 0. The van der Waals surface area contributed by atoms with Crippen molar-refractivity contribution in [1.82, 2.24) is 19.9 Å². The molecule has 8 aromatic rings. The minimum Gasteiger partial charge on any atom is -0.264 e. The minimum absolute atomic E-state index is 0.331. The van der Waals surface area contributed by atoms with Gasteiger partial charge in [0.25, 0.3) is 0 Å². The van der Waals surface area contributed by atoms with Gasteiger partial charge >= 0.3 is 0 Å². The number of benzene rings is 6. The molecule has 9 rings (SSSR count). The molecule has 1 aliphatic rings. The van der Waals surface area contributed by atoms with E-state index in [0.717, 1.165) is 66.4 Å². The van der Waals surface area contributed by atoms with E-state index >= 15 is 0 Å². The van der Waals surface area contributed by atoms with E-state index in [4.69, 9.17) is 15.0 Å². The Morgan fingerprint density at radius 3 is 1.72 bits per heavy atom. The van der Waals surface area contributed by atoms with Crippen LogP contribution in [0.1, 0.15) is 36.1 Å². The lowest BCUT2D eigenvalue weighted by atomic mass is 9.80. The van der Waals surface area contributed by atoms with Gasteiger partial charge in [0.15, 0.2) is 17.5 Å². The fourth-order valence-corrected chi connectivity index (χ4v) is 7.49. The maximum absolute atomic E-state index is 9.95. The molecule has 0 saturated heterocycles. The minimum atomic E-state index is -0.331. The molecule has 0 bridgehead atoms. The lowest BCUT2D eigenvalue weighted by Crippen LogP contribution is -2.15. The topological polar surface area (TPSA) is 99.1 Å². The van der Waals surface area contributed by atoms with Crippen LogP contribution in [0, 0.1) is 22.7 Å². The number of fused-ring (bicyclic) bond motifs is 4. The van der Waals surface area contributed by atoms with E-state index in [9.17, 15) is 10.5 Å². The normalized spacial score (nSPS) is 12.5. The molecular formula is C47H30N6. The van der Waals surface area contributed by atoms with Gasteiger partial charge in [-0.1, -0.05) is 92.7 Å². The van der Waals surface area contributed by atoms with Crippen molar-refractivity contribution in [1.29, 1.82) is 10.5 Å². The number of nitrogens with zero attached hydrogens (tertiary/aromatic N) is 6. The van der Waals surface area contributed by atoms with Gasteiger partial charge in [-0.05, 0) is 104 Å². The maximum Gasteiger partial charge on any atom is 0.164 e. The zero-order chi connectivity index (χ0) is 36.1.